The summed E-state index contributed by atoms with van der Waals surface area (Å²) >= 11 is 0. The van der Waals surface area contributed by atoms with Crippen LogP contribution in [0.15, 0.2) is 30.3 Å². The average molecular weight is 541 g/mol. The minimum Gasteiger partial charge on any atom is -0.317 e. The third-order valence-electron chi connectivity index (χ3n) is 8.37. The number of nitrogens with zero attached hydrogens (tertiary/aromatic N) is 4. The van der Waals surface area contributed by atoms with Gasteiger partial charge in [-0.2, -0.15) is 4.39 Å². The van der Waals surface area contributed by atoms with Gasteiger partial charge in [-0.1, -0.05) is 12.1 Å². The van der Waals surface area contributed by atoms with Crippen molar-refractivity contribution in [1.82, 2.24) is 19.7 Å². The van der Waals surface area contributed by atoms with E-state index in [2.05, 4.69) is 16.8 Å². The van der Waals surface area contributed by atoms with Gasteiger partial charge in [-0.05, 0) is 96.6 Å². The van der Waals surface area contributed by atoms with Crippen molar-refractivity contribution >= 4 is 11.8 Å². The summed E-state index contributed by atoms with van der Waals surface area (Å²) in [4.78, 5) is 36.6. The van der Waals surface area contributed by atoms with Crippen molar-refractivity contribution < 1.29 is 18.4 Å². The molecule has 6 nitrogen and oxygen atoms in total. The number of Topliss-reactive ketones (excluding diaryl/α,β-unsaturated/α-hetero) is 1. The average Bonchev–Trinajstić information content (AvgIpc) is 3.21. The van der Waals surface area contributed by atoms with E-state index in [1.807, 2.05) is 36.6 Å². The zero-order valence-electron chi connectivity index (χ0n) is 24.1. The fourth-order valence-electron chi connectivity index (χ4n) is 6.24. The van der Waals surface area contributed by atoms with E-state index in [-0.39, 0.29) is 35.3 Å². The molecular formula is C31H42F2N4O2. The number of carbonyl (C=O) groups excluding carboxylic acids is 2. The number of urea groups is 1. The van der Waals surface area contributed by atoms with E-state index in [0.29, 0.717) is 35.8 Å². The number of amides is 2. The van der Waals surface area contributed by atoms with Gasteiger partial charge in [0.25, 0.3) is 0 Å². The summed E-state index contributed by atoms with van der Waals surface area (Å²) in [5.74, 6) is -0.817. The van der Waals surface area contributed by atoms with E-state index in [0.717, 1.165) is 44.3 Å². The third-order valence-corrected chi connectivity index (χ3v) is 8.37. The molecule has 2 aliphatic rings. The molecule has 0 N–H and O–H groups in total. The first-order valence-corrected chi connectivity index (χ1v) is 14.1. The molecule has 2 unspecified atom stereocenters. The standard InChI is InChI=1S/C31H42F2N4O2/c1-20-17-28(33)34-22(3)29(20)27(38)12-7-9-21(2)35-15-13-25(14-16-35)37-26(23-10-8-11-24(32)18-23)19-36(30(37)39)31(4,5)6/h8,10-11,17-18,21,25-26H,7,9,12-16,19H2,1-6H3. The lowest BCUT2D eigenvalue weighted by atomic mass is 9.96. The molecular weight excluding hydrogens is 498 g/mol. The van der Waals surface area contributed by atoms with E-state index in [9.17, 15) is 18.4 Å². The Balaban J connectivity index is 1.35. The second-order valence-electron chi connectivity index (χ2n) is 12.2. The number of pyridine rings is 1. The number of benzene rings is 1. The number of halogens is 2. The molecule has 0 aliphatic carbocycles. The van der Waals surface area contributed by atoms with E-state index in [4.69, 9.17) is 0 Å². The van der Waals surface area contributed by atoms with Crippen LogP contribution in [-0.4, -0.2) is 68.8 Å². The molecule has 212 valence electrons. The number of aryl methyl sites for hydroxylation is 2. The molecule has 0 bridgehead atoms. The summed E-state index contributed by atoms with van der Waals surface area (Å²) in [6, 6.07) is 8.23. The van der Waals surface area contributed by atoms with Crippen LogP contribution in [0.3, 0.4) is 0 Å². The molecule has 2 aliphatic heterocycles. The number of piperidine rings is 1. The molecule has 8 heteroatoms. The second-order valence-corrected chi connectivity index (χ2v) is 12.2. The van der Waals surface area contributed by atoms with Crippen LogP contribution in [-0.2, 0) is 0 Å². The third kappa shape index (κ3) is 6.48. The van der Waals surface area contributed by atoms with Crippen LogP contribution in [0.2, 0.25) is 0 Å². The minimum absolute atomic E-state index is 0.0164. The number of rotatable bonds is 8. The molecule has 2 amide bonds. The van der Waals surface area contributed by atoms with Crippen LogP contribution >= 0.6 is 0 Å². The number of carbonyl (C=O) groups is 2. The highest BCUT2D eigenvalue weighted by atomic mass is 19.1. The summed E-state index contributed by atoms with van der Waals surface area (Å²) < 4.78 is 27.6. The predicted molar refractivity (Wildman–Crippen MR) is 149 cm³/mol. The molecule has 2 fully saturated rings. The second kappa shape index (κ2) is 11.7. The normalized spacial score (nSPS) is 20.1. The van der Waals surface area contributed by atoms with E-state index in [1.54, 1.807) is 26.0 Å². The Hall–Kier alpha value is -2.87. The summed E-state index contributed by atoms with van der Waals surface area (Å²) in [7, 11) is 0. The van der Waals surface area contributed by atoms with Crippen molar-refractivity contribution in [3.8, 4) is 0 Å². The Morgan fingerprint density at radius 3 is 2.44 bits per heavy atom. The molecule has 0 saturated carbocycles. The quantitative estimate of drug-likeness (QED) is 0.285. The number of likely N-dealkylation sites (tertiary alicyclic amines) is 1. The van der Waals surface area contributed by atoms with Crippen LogP contribution in [0.1, 0.15) is 93.0 Å². The molecule has 1 aromatic carbocycles. The highest BCUT2D eigenvalue weighted by molar-refractivity contribution is 5.98. The van der Waals surface area contributed by atoms with Gasteiger partial charge in [0.2, 0.25) is 5.95 Å². The van der Waals surface area contributed by atoms with Crippen LogP contribution in [0.4, 0.5) is 13.6 Å². The molecule has 1 aromatic heterocycles. The molecule has 2 saturated heterocycles. The van der Waals surface area contributed by atoms with E-state index >= 15 is 0 Å². The maximum absolute atomic E-state index is 14.1. The van der Waals surface area contributed by atoms with Gasteiger partial charge < -0.3 is 14.7 Å². The summed E-state index contributed by atoms with van der Waals surface area (Å²) in [5, 5.41) is 0. The topological polar surface area (TPSA) is 56.8 Å². The Bertz CT molecular complexity index is 1180. The fourth-order valence-corrected chi connectivity index (χ4v) is 6.24. The van der Waals surface area contributed by atoms with Crippen LogP contribution in [0.5, 0.6) is 0 Å². The highest BCUT2D eigenvalue weighted by Gasteiger charge is 2.46. The van der Waals surface area contributed by atoms with Gasteiger partial charge in [0.1, 0.15) is 5.82 Å². The number of aromatic nitrogens is 1. The Labute approximate surface area is 231 Å². The Morgan fingerprint density at radius 1 is 1.13 bits per heavy atom. The van der Waals surface area contributed by atoms with Gasteiger partial charge in [0, 0.05) is 49.2 Å². The van der Waals surface area contributed by atoms with Crippen molar-refractivity contribution in [3.63, 3.8) is 0 Å². The van der Waals surface area contributed by atoms with Crippen molar-refractivity contribution in [2.75, 3.05) is 19.6 Å². The number of hydrogen-bond acceptors (Lipinski definition) is 4. The van der Waals surface area contributed by atoms with Crippen molar-refractivity contribution in [1.29, 1.82) is 0 Å². The zero-order chi connectivity index (χ0) is 28.5. The lowest BCUT2D eigenvalue weighted by Crippen LogP contribution is -2.50. The van der Waals surface area contributed by atoms with E-state index < -0.39 is 5.95 Å². The fraction of sp³-hybridized carbons (Fsp3) is 0.581. The van der Waals surface area contributed by atoms with Gasteiger partial charge in [0.05, 0.1) is 11.7 Å². The number of ketones is 1. The van der Waals surface area contributed by atoms with Gasteiger partial charge in [-0.3, -0.25) is 4.79 Å². The Morgan fingerprint density at radius 2 is 1.82 bits per heavy atom. The molecule has 2 aromatic rings. The lowest BCUT2D eigenvalue weighted by Gasteiger charge is -2.41. The molecule has 0 radical (unpaired) electrons. The van der Waals surface area contributed by atoms with Gasteiger partial charge in [-0.25, -0.2) is 14.2 Å². The lowest BCUT2D eigenvalue weighted by molar-refractivity contribution is 0.0872. The first-order valence-electron chi connectivity index (χ1n) is 14.1. The maximum Gasteiger partial charge on any atom is 0.321 e. The van der Waals surface area contributed by atoms with E-state index in [1.165, 1.54) is 12.1 Å². The monoisotopic (exact) mass is 540 g/mol. The minimum atomic E-state index is -0.553. The largest absolute Gasteiger partial charge is 0.321 e. The predicted octanol–water partition coefficient (Wildman–Crippen LogP) is 6.46. The van der Waals surface area contributed by atoms with Gasteiger partial charge in [-0.15, -0.1) is 0 Å². The number of hydrogen-bond donors (Lipinski definition) is 0. The van der Waals surface area contributed by atoms with Crippen molar-refractivity contribution in [2.45, 2.75) is 97.3 Å². The molecule has 4 rings (SSSR count). The molecule has 2 atom stereocenters. The van der Waals surface area contributed by atoms with Crippen molar-refractivity contribution in [3.05, 3.63) is 64.5 Å². The SMILES string of the molecule is Cc1cc(F)nc(C)c1C(=O)CCCC(C)N1CCC(N2C(=O)N(C(C)(C)C)CC2c2cccc(F)c2)CC1. The van der Waals surface area contributed by atoms with Crippen LogP contribution < -0.4 is 0 Å². The van der Waals surface area contributed by atoms with Gasteiger partial charge in [0.15, 0.2) is 5.78 Å². The first-order chi connectivity index (χ1) is 18.4. The molecule has 39 heavy (non-hydrogen) atoms. The summed E-state index contributed by atoms with van der Waals surface area (Å²) in [5.41, 5.74) is 2.16. The Kier molecular flexibility index (Phi) is 8.74. The van der Waals surface area contributed by atoms with Crippen molar-refractivity contribution in [2.24, 2.45) is 0 Å². The first kappa shape index (κ1) is 29.1. The van der Waals surface area contributed by atoms with Crippen LogP contribution in [0, 0.1) is 25.6 Å². The molecule has 3 heterocycles. The highest BCUT2D eigenvalue weighted by Crippen LogP contribution is 2.38. The van der Waals surface area contributed by atoms with Crippen LogP contribution in [0.25, 0.3) is 0 Å². The smallest absolute Gasteiger partial charge is 0.317 e. The summed E-state index contributed by atoms with van der Waals surface area (Å²) in [6.07, 6.45) is 3.77. The molecule has 0 spiro atoms. The zero-order valence-corrected chi connectivity index (χ0v) is 24.1. The van der Waals surface area contributed by atoms with Gasteiger partial charge >= 0.3 is 6.03 Å². The maximum atomic E-state index is 14.1. The summed E-state index contributed by atoms with van der Waals surface area (Å²) in [6.45, 7) is 14.1.